The summed E-state index contributed by atoms with van der Waals surface area (Å²) < 4.78 is 26.7. The van der Waals surface area contributed by atoms with Crippen molar-refractivity contribution in [1.29, 1.82) is 0 Å². The van der Waals surface area contributed by atoms with Gasteiger partial charge < -0.3 is 11.1 Å². The maximum Gasteiger partial charge on any atom is 0.243 e. The Hall–Kier alpha value is -1.60. The van der Waals surface area contributed by atoms with Gasteiger partial charge in [0.1, 0.15) is 0 Å². The Morgan fingerprint density at radius 2 is 1.90 bits per heavy atom. The van der Waals surface area contributed by atoms with Gasteiger partial charge >= 0.3 is 0 Å². The molecule has 1 amide bonds. The van der Waals surface area contributed by atoms with Gasteiger partial charge in [0.15, 0.2) is 0 Å². The number of carbonyl (C=O) groups excluding carboxylic acids is 1. The normalized spacial score (nSPS) is 17.6. The molecule has 1 aliphatic rings. The first-order chi connectivity index (χ1) is 9.79. The number of rotatable bonds is 3. The molecule has 0 atom stereocenters. The van der Waals surface area contributed by atoms with E-state index in [4.69, 9.17) is 5.73 Å². The van der Waals surface area contributed by atoms with Crippen molar-refractivity contribution in [1.82, 2.24) is 9.62 Å². The van der Waals surface area contributed by atoms with E-state index in [1.165, 1.54) is 17.3 Å². The predicted molar refractivity (Wildman–Crippen MR) is 81.2 cm³/mol. The van der Waals surface area contributed by atoms with Crippen LogP contribution in [0.15, 0.2) is 23.1 Å². The molecule has 0 bridgehead atoms. The van der Waals surface area contributed by atoms with E-state index in [1.807, 2.05) is 6.92 Å². The molecule has 0 aliphatic carbocycles. The van der Waals surface area contributed by atoms with E-state index in [0.717, 1.165) is 5.56 Å². The Bertz CT molecular complexity index is 615. The third-order valence-corrected chi connectivity index (χ3v) is 5.45. The third kappa shape index (κ3) is 3.74. The molecular weight excluding hydrogens is 290 g/mol. The summed E-state index contributed by atoms with van der Waals surface area (Å²) in [4.78, 5) is 11.3. The predicted octanol–water partition coefficient (Wildman–Crippen LogP) is 0.866. The zero-order valence-electron chi connectivity index (χ0n) is 12.3. The first kappa shape index (κ1) is 15.8. The largest absolute Gasteiger partial charge is 0.399 e. The average molecular weight is 311 g/mol. The molecule has 21 heavy (non-hydrogen) atoms. The van der Waals surface area contributed by atoms with Gasteiger partial charge in [-0.05, 0) is 43.5 Å². The molecule has 0 saturated carbocycles. The van der Waals surface area contributed by atoms with Crippen molar-refractivity contribution in [3.8, 4) is 0 Å². The molecule has 6 nitrogen and oxygen atoms in total. The highest BCUT2D eigenvalue weighted by molar-refractivity contribution is 7.89. The van der Waals surface area contributed by atoms with Crippen LogP contribution in [0.3, 0.4) is 0 Å². The summed E-state index contributed by atoms with van der Waals surface area (Å²) >= 11 is 0. The van der Waals surface area contributed by atoms with E-state index in [9.17, 15) is 13.2 Å². The molecule has 0 radical (unpaired) electrons. The molecular formula is C14H21N3O3S. The van der Waals surface area contributed by atoms with Gasteiger partial charge in [0.25, 0.3) is 0 Å². The number of hydrogen-bond acceptors (Lipinski definition) is 4. The molecule has 1 heterocycles. The lowest BCUT2D eigenvalue weighted by atomic mass is 10.1. The molecule has 3 N–H and O–H groups in total. The quantitative estimate of drug-likeness (QED) is 0.810. The molecule has 1 aromatic rings. The van der Waals surface area contributed by atoms with Crippen LogP contribution < -0.4 is 11.1 Å². The lowest BCUT2D eigenvalue weighted by molar-refractivity contribution is -0.119. The van der Waals surface area contributed by atoms with Gasteiger partial charge in [0.05, 0.1) is 4.90 Å². The van der Waals surface area contributed by atoms with E-state index in [2.05, 4.69) is 5.32 Å². The zero-order valence-corrected chi connectivity index (χ0v) is 13.1. The van der Waals surface area contributed by atoms with Crippen molar-refractivity contribution in [3.63, 3.8) is 0 Å². The van der Waals surface area contributed by atoms with Gasteiger partial charge in [-0.25, -0.2) is 8.42 Å². The van der Waals surface area contributed by atoms with Crippen LogP contribution in [0.4, 0.5) is 5.69 Å². The minimum atomic E-state index is -3.52. The van der Waals surface area contributed by atoms with Crippen LogP contribution in [0.2, 0.25) is 0 Å². The van der Waals surface area contributed by atoms with Gasteiger partial charge in [0.2, 0.25) is 15.9 Å². The van der Waals surface area contributed by atoms with E-state index in [1.54, 1.807) is 12.1 Å². The molecule has 7 heteroatoms. The number of nitrogens with two attached hydrogens (primary N) is 1. The van der Waals surface area contributed by atoms with Gasteiger partial charge in [0, 0.05) is 31.7 Å². The Morgan fingerprint density at radius 3 is 2.43 bits per heavy atom. The van der Waals surface area contributed by atoms with Crippen LogP contribution >= 0.6 is 0 Å². The maximum absolute atomic E-state index is 12.6. The third-order valence-electron chi connectivity index (χ3n) is 3.57. The van der Waals surface area contributed by atoms with Gasteiger partial charge in [-0.1, -0.05) is 0 Å². The molecule has 1 fully saturated rings. The van der Waals surface area contributed by atoms with Crippen molar-refractivity contribution < 1.29 is 13.2 Å². The van der Waals surface area contributed by atoms with Crippen LogP contribution in [0.1, 0.15) is 25.3 Å². The lowest BCUT2D eigenvalue weighted by Gasteiger charge is -2.31. The minimum absolute atomic E-state index is 0.0523. The average Bonchev–Trinajstić information content (AvgIpc) is 2.37. The summed E-state index contributed by atoms with van der Waals surface area (Å²) in [5, 5.41) is 2.83. The highest BCUT2D eigenvalue weighted by atomic mass is 32.2. The highest BCUT2D eigenvalue weighted by Crippen LogP contribution is 2.23. The number of carbonyl (C=O) groups is 1. The van der Waals surface area contributed by atoms with Crippen LogP contribution in [-0.2, 0) is 14.8 Å². The van der Waals surface area contributed by atoms with E-state index >= 15 is 0 Å². The number of amides is 1. The number of nitrogen functional groups attached to an aromatic ring is 1. The highest BCUT2D eigenvalue weighted by Gasteiger charge is 2.29. The fourth-order valence-corrected chi connectivity index (χ4v) is 4.21. The number of aryl methyl sites for hydroxylation is 1. The Morgan fingerprint density at radius 1 is 1.29 bits per heavy atom. The van der Waals surface area contributed by atoms with Crippen LogP contribution in [0.5, 0.6) is 0 Å². The Labute approximate surface area is 125 Å². The molecule has 1 saturated heterocycles. The summed E-state index contributed by atoms with van der Waals surface area (Å²) in [7, 11) is -3.52. The van der Waals surface area contributed by atoms with Crippen LogP contribution in [0.25, 0.3) is 0 Å². The molecule has 2 rings (SSSR count). The lowest BCUT2D eigenvalue weighted by Crippen LogP contribution is -2.46. The number of anilines is 1. The van der Waals surface area contributed by atoms with Crippen molar-refractivity contribution in [3.05, 3.63) is 23.8 Å². The number of sulfonamides is 1. The SMILES string of the molecule is CC(=O)NC1CCN(S(=O)(=O)c2cc(C)cc(N)c2)CC1. The Kier molecular flexibility index (Phi) is 4.53. The summed E-state index contributed by atoms with van der Waals surface area (Å²) in [6.07, 6.45) is 1.25. The van der Waals surface area contributed by atoms with Crippen molar-refractivity contribution in [2.45, 2.75) is 37.6 Å². The van der Waals surface area contributed by atoms with Crippen LogP contribution in [0, 0.1) is 6.92 Å². The first-order valence-electron chi connectivity index (χ1n) is 6.93. The standard InChI is InChI=1S/C14H21N3O3S/c1-10-7-12(15)9-14(8-10)21(19,20)17-5-3-13(4-6-17)16-11(2)18/h7-9,13H,3-6,15H2,1-2H3,(H,16,18). The van der Waals surface area contributed by atoms with E-state index < -0.39 is 10.0 Å². The molecule has 1 aromatic carbocycles. The number of nitrogens with zero attached hydrogens (tertiary/aromatic N) is 1. The molecule has 1 aliphatic heterocycles. The minimum Gasteiger partial charge on any atom is -0.399 e. The molecule has 0 spiro atoms. The number of hydrogen-bond donors (Lipinski definition) is 2. The second-order valence-corrected chi connectivity index (χ2v) is 7.40. The van der Waals surface area contributed by atoms with Gasteiger partial charge in [-0.15, -0.1) is 0 Å². The van der Waals surface area contributed by atoms with Crippen molar-refractivity contribution in [2.24, 2.45) is 0 Å². The fourth-order valence-electron chi connectivity index (χ4n) is 2.60. The van der Waals surface area contributed by atoms with Gasteiger partial charge in [-0.3, -0.25) is 4.79 Å². The Balaban J connectivity index is 2.13. The number of piperidine rings is 1. The summed E-state index contributed by atoms with van der Waals surface area (Å²) in [5.41, 5.74) is 7.00. The van der Waals surface area contributed by atoms with Crippen molar-refractivity contribution >= 4 is 21.6 Å². The molecule has 116 valence electrons. The molecule has 0 aromatic heterocycles. The van der Waals surface area contributed by atoms with E-state index in [0.29, 0.717) is 31.6 Å². The molecule has 0 unspecified atom stereocenters. The topological polar surface area (TPSA) is 92.5 Å². The summed E-state index contributed by atoms with van der Waals surface area (Å²) in [5.74, 6) is -0.0808. The smallest absolute Gasteiger partial charge is 0.243 e. The number of nitrogens with one attached hydrogen (secondary N) is 1. The van der Waals surface area contributed by atoms with Gasteiger partial charge in [-0.2, -0.15) is 4.31 Å². The summed E-state index contributed by atoms with van der Waals surface area (Å²) in [6.45, 7) is 4.10. The first-order valence-corrected chi connectivity index (χ1v) is 8.37. The monoisotopic (exact) mass is 311 g/mol. The van der Waals surface area contributed by atoms with Crippen LogP contribution in [-0.4, -0.2) is 37.8 Å². The van der Waals surface area contributed by atoms with E-state index in [-0.39, 0.29) is 16.8 Å². The zero-order chi connectivity index (χ0) is 15.6. The fraction of sp³-hybridized carbons (Fsp3) is 0.500. The van der Waals surface area contributed by atoms with Crippen molar-refractivity contribution in [2.75, 3.05) is 18.8 Å². The maximum atomic E-state index is 12.6. The summed E-state index contributed by atoms with van der Waals surface area (Å²) in [6, 6.07) is 4.91. The second kappa shape index (κ2) is 6.03. The number of benzene rings is 1. The second-order valence-electron chi connectivity index (χ2n) is 5.46.